The number of benzene rings is 2. The van der Waals surface area contributed by atoms with Gasteiger partial charge >= 0.3 is 0 Å². The highest BCUT2D eigenvalue weighted by atomic mass is 79.9. The molecule has 0 unspecified atom stereocenters. The summed E-state index contributed by atoms with van der Waals surface area (Å²) in [5, 5.41) is 2.48. The topological polar surface area (TPSA) is 0 Å². The second-order valence-electron chi connectivity index (χ2n) is 5.15. The van der Waals surface area contributed by atoms with Crippen LogP contribution in [0.1, 0.15) is 5.56 Å². The molecule has 0 fully saturated rings. The fourth-order valence-corrected chi connectivity index (χ4v) is 2.69. The van der Waals surface area contributed by atoms with Crippen molar-refractivity contribution in [2.24, 2.45) is 0 Å². The van der Waals surface area contributed by atoms with E-state index in [4.69, 9.17) is 0 Å². The Labute approximate surface area is 112 Å². The molecule has 0 amide bonds. The van der Waals surface area contributed by atoms with E-state index in [2.05, 4.69) is 83.4 Å². The van der Waals surface area contributed by atoms with Gasteiger partial charge in [0, 0.05) is 10.0 Å². The standard InChI is InChI=1S/C15H15BrSi/c1-17(2,3)11-10-13-9-8-12-6-4-5-7-14(12)15(13)16/h4-9H,1-3H3. The molecule has 0 aliphatic heterocycles. The molecule has 2 heteroatoms. The van der Waals surface area contributed by atoms with Gasteiger partial charge in [0.15, 0.2) is 0 Å². The van der Waals surface area contributed by atoms with Gasteiger partial charge in [0.05, 0.1) is 0 Å². The van der Waals surface area contributed by atoms with Gasteiger partial charge in [0.25, 0.3) is 0 Å². The summed E-state index contributed by atoms with van der Waals surface area (Å²) in [6.07, 6.45) is 0. The maximum Gasteiger partial charge on any atom is 0.129 e. The fraction of sp³-hybridized carbons (Fsp3) is 0.200. The van der Waals surface area contributed by atoms with Crippen LogP contribution in [-0.2, 0) is 0 Å². The van der Waals surface area contributed by atoms with Crippen molar-refractivity contribution in [1.82, 2.24) is 0 Å². The van der Waals surface area contributed by atoms with Crippen molar-refractivity contribution in [2.45, 2.75) is 19.6 Å². The summed E-state index contributed by atoms with van der Waals surface area (Å²) in [5.41, 5.74) is 4.49. The smallest absolute Gasteiger partial charge is 0.127 e. The van der Waals surface area contributed by atoms with E-state index in [1.807, 2.05) is 0 Å². The van der Waals surface area contributed by atoms with Gasteiger partial charge in [0.2, 0.25) is 0 Å². The second kappa shape index (κ2) is 4.68. The predicted octanol–water partition coefficient (Wildman–Crippen LogP) is 4.83. The highest BCUT2D eigenvalue weighted by Crippen LogP contribution is 2.27. The van der Waals surface area contributed by atoms with Gasteiger partial charge in [-0.25, -0.2) is 0 Å². The maximum absolute atomic E-state index is 3.66. The average Bonchev–Trinajstić information content (AvgIpc) is 2.27. The van der Waals surface area contributed by atoms with E-state index in [0.29, 0.717) is 0 Å². The van der Waals surface area contributed by atoms with E-state index < -0.39 is 8.07 Å². The van der Waals surface area contributed by atoms with Crippen molar-refractivity contribution in [3.8, 4) is 11.5 Å². The minimum Gasteiger partial charge on any atom is -0.127 e. The van der Waals surface area contributed by atoms with Crippen LogP contribution in [0.2, 0.25) is 19.6 Å². The normalized spacial score (nSPS) is 11.1. The van der Waals surface area contributed by atoms with Gasteiger partial charge in [-0.2, -0.15) is 0 Å². The van der Waals surface area contributed by atoms with E-state index in [1.54, 1.807) is 0 Å². The number of halogens is 1. The highest BCUT2D eigenvalue weighted by Gasteiger charge is 2.08. The lowest BCUT2D eigenvalue weighted by atomic mass is 10.1. The first kappa shape index (κ1) is 12.4. The Balaban J connectivity index is 2.56. The van der Waals surface area contributed by atoms with Gasteiger partial charge in [-0.1, -0.05) is 55.9 Å². The van der Waals surface area contributed by atoms with Crippen LogP contribution in [0.15, 0.2) is 40.9 Å². The molecular formula is C15H15BrSi. The maximum atomic E-state index is 3.66. The molecule has 0 bridgehead atoms. The number of rotatable bonds is 0. The zero-order valence-electron chi connectivity index (χ0n) is 10.3. The summed E-state index contributed by atoms with van der Waals surface area (Å²) in [6, 6.07) is 12.6. The number of hydrogen-bond acceptors (Lipinski definition) is 0. The van der Waals surface area contributed by atoms with Crippen molar-refractivity contribution >= 4 is 34.8 Å². The Morgan fingerprint density at radius 2 is 1.71 bits per heavy atom. The van der Waals surface area contributed by atoms with Crippen LogP contribution in [-0.4, -0.2) is 8.07 Å². The third-order valence-corrected chi connectivity index (χ3v) is 4.16. The van der Waals surface area contributed by atoms with Gasteiger partial charge in [-0.05, 0) is 32.8 Å². The van der Waals surface area contributed by atoms with E-state index in [9.17, 15) is 0 Å². The summed E-state index contributed by atoms with van der Waals surface area (Å²) < 4.78 is 1.11. The first-order valence-electron chi connectivity index (χ1n) is 5.68. The van der Waals surface area contributed by atoms with E-state index in [0.717, 1.165) is 10.0 Å². The Bertz CT molecular complexity index is 612. The SMILES string of the molecule is C[Si](C)(C)C#Cc1ccc2ccccc2c1Br. The molecule has 0 saturated heterocycles. The molecule has 0 spiro atoms. The minimum atomic E-state index is -1.31. The van der Waals surface area contributed by atoms with E-state index >= 15 is 0 Å². The Kier molecular flexibility index (Phi) is 3.42. The lowest BCUT2D eigenvalue weighted by Crippen LogP contribution is -2.16. The molecule has 0 saturated carbocycles. The molecule has 0 heterocycles. The van der Waals surface area contributed by atoms with Crippen LogP contribution in [0, 0.1) is 11.5 Å². The summed E-state index contributed by atoms with van der Waals surface area (Å²) in [5.74, 6) is 3.31. The van der Waals surface area contributed by atoms with Crippen LogP contribution in [0.5, 0.6) is 0 Å². The highest BCUT2D eigenvalue weighted by molar-refractivity contribution is 9.10. The molecule has 2 aromatic rings. The third-order valence-electron chi connectivity index (χ3n) is 2.44. The summed E-state index contributed by atoms with van der Waals surface area (Å²) in [7, 11) is -1.31. The van der Waals surface area contributed by atoms with Crippen LogP contribution in [0.25, 0.3) is 10.8 Å². The predicted molar refractivity (Wildman–Crippen MR) is 81.9 cm³/mol. The molecule has 0 N–H and O–H groups in total. The summed E-state index contributed by atoms with van der Waals surface area (Å²) in [4.78, 5) is 0. The number of hydrogen-bond donors (Lipinski definition) is 0. The molecule has 0 atom stereocenters. The molecule has 17 heavy (non-hydrogen) atoms. The monoisotopic (exact) mass is 302 g/mol. The van der Waals surface area contributed by atoms with Crippen LogP contribution >= 0.6 is 15.9 Å². The van der Waals surface area contributed by atoms with E-state index in [1.165, 1.54) is 10.8 Å². The molecule has 86 valence electrons. The number of fused-ring (bicyclic) bond motifs is 1. The van der Waals surface area contributed by atoms with Gasteiger partial charge in [0.1, 0.15) is 8.07 Å². The molecular weight excluding hydrogens is 288 g/mol. The lowest BCUT2D eigenvalue weighted by molar-refractivity contribution is 1.65. The van der Waals surface area contributed by atoms with Crippen molar-refractivity contribution in [2.75, 3.05) is 0 Å². The third kappa shape index (κ3) is 2.99. The summed E-state index contributed by atoms with van der Waals surface area (Å²) >= 11 is 3.66. The molecule has 0 radical (unpaired) electrons. The largest absolute Gasteiger partial charge is 0.129 e. The van der Waals surface area contributed by atoms with Crippen molar-refractivity contribution in [1.29, 1.82) is 0 Å². The Morgan fingerprint density at radius 1 is 1.00 bits per heavy atom. The van der Waals surface area contributed by atoms with Crippen LogP contribution in [0.3, 0.4) is 0 Å². The molecule has 0 aliphatic carbocycles. The molecule has 0 aromatic heterocycles. The lowest BCUT2D eigenvalue weighted by Gasteiger charge is -2.05. The Hall–Kier alpha value is -1.04. The van der Waals surface area contributed by atoms with Gasteiger partial charge in [-0.3, -0.25) is 0 Å². The van der Waals surface area contributed by atoms with Gasteiger partial charge < -0.3 is 0 Å². The molecule has 2 aromatic carbocycles. The second-order valence-corrected chi connectivity index (χ2v) is 10.7. The van der Waals surface area contributed by atoms with E-state index in [-0.39, 0.29) is 0 Å². The zero-order chi connectivity index (χ0) is 12.5. The van der Waals surface area contributed by atoms with Crippen LogP contribution < -0.4 is 0 Å². The van der Waals surface area contributed by atoms with Crippen molar-refractivity contribution in [3.63, 3.8) is 0 Å². The quantitative estimate of drug-likeness (QED) is 0.483. The molecule has 2 rings (SSSR count). The minimum absolute atomic E-state index is 1.09. The van der Waals surface area contributed by atoms with Crippen molar-refractivity contribution in [3.05, 3.63) is 46.4 Å². The fourth-order valence-electron chi connectivity index (χ4n) is 1.58. The van der Waals surface area contributed by atoms with Gasteiger partial charge in [-0.15, -0.1) is 5.54 Å². The molecule has 0 nitrogen and oxygen atoms in total. The Morgan fingerprint density at radius 3 is 2.41 bits per heavy atom. The zero-order valence-corrected chi connectivity index (χ0v) is 12.9. The van der Waals surface area contributed by atoms with Crippen molar-refractivity contribution < 1.29 is 0 Å². The van der Waals surface area contributed by atoms with Crippen LogP contribution in [0.4, 0.5) is 0 Å². The first-order chi connectivity index (χ1) is 7.97. The first-order valence-corrected chi connectivity index (χ1v) is 9.97. The molecule has 0 aliphatic rings. The summed E-state index contributed by atoms with van der Waals surface area (Å²) in [6.45, 7) is 6.78. The average molecular weight is 303 g/mol.